The Labute approximate surface area is 76.2 Å². The lowest BCUT2D eigenvalue weighted by Crippen LogP contribution is -1.65. The molecule has 0 saturated heterocycles. The zero-order chi connectivity index (χ0) is 6.27. The molecular weight excluding hydrogens is 263 g/mol. The SMILES string of the molecule is Ic1cc2c(s1)CSC2. The molecule has 0 radical (unpaired) electrons. The van der Waals surface area contributed by atoms with E-state index in [4.69, 9.17) is 0 Å². The average Bonchev–Trinajstić information content (AvgIpc) is 2.22. The van der Waals surface area contributed by atoms with Gasteiger partial charge in [-0.2, -0.15) is 11.8 Å². The van der Waals surface area contributed by atoms with E-state index in [-0.39, 0.29) is 0 Å². The van der Waals surface area contributed by atoms with Gasteiger partial charge in [-0.1, -0.05) is 0 Å². The largest absolute Gasteiger partial charge is 0.152 e. The second-order valence-corrected chi connectivity index (χ2v) is 6.01. The summed E-state index contributed by atoms with van der Waals surface area (Å²) < 4.78 is 1.44. The highest BCUT2D eigenvalue weighted by Crippen LogP contribution is 2.36. The fourth-order valence-corrected chi connectivity index (χ4v) is 4.33. The second kappa shape index (κ2) is 2.43. The minimum Gasteiger partial charge on any atom is -0.152 e. The molecular formula is C6H5IS2. The van der Waals surface area contributed by atoms with Crippen LogP contribution in [0.1, 0.15) is 10.4 Å². The predicted octanol–water partition coefficient (Wildman–Crippen LogP) is 3.10. The molecule has 1 aromatic heterocycles. The lowest BCUT2D eigenvalue weighted by atomic mass is 10.3. The number of hydrogen-bond donors (Lipinski definition) is 0. The summed E-state index contributed by atoms with van der Waals surface area (Å²) in [7, 11) is 0. The third-order valence-electron chi connectivity index (χ3n) is 1.36. The Kier molecular flexibility index (Phi) is 1.75. The highest BCUT2D eigenvalue weighted by molar-refractivity contribution is 14.1. The van der Waals surface area contributed by atoms with E-state index in [1.165, 1.54) is 14.4 Å². The van der Waals surface area contributed by atoms with Crippen LogP contribution in [0.4, 0.5) is 0 Å². The summed E-state index contributed by atoms with van der Waals surface area (Å²) in [4.78, 5) is 1.60. The minimum atomic E-state index is 1.24. The standard InChI is InChI=1S/C6H5IS2/c7-6-1-4-2-8-3-5(4)9-6/h1H,2-3H2. The molecule has 1 aliphatic rings. The minimum absolute atomic E-state index is 1.24. The first kappa shape index (κ1) is 6.49. The number of hydrogen-bond acceptors (Lipinski definition) is 2. The van der Waals surface area contributed by atoms with Crippen LogP contribution in [0.3, 0.4) is 0 Å². The van der Waals surface area contributed by atoms with Crippen LogP contribution in [0.2, 0.25) is 0 Å². The Morgan fingerprint density at radius 1 is 1.44 bits per heavy atom. The maximum atomic E-state index is 2.39. The van der Waals surface area contributed by atoms with Crippen molar-refractivity contribution in [2.75, 3.05) is 0 Å². The smallest absolute Gasteiger partial charge is 0.0659 e. The molecule has 0 atom stereocenters. The summed E-state index contributed by atoms with van der Waals surface area (Å²) in [5.41, 5.74) is 1.58. The molecule has 0 aromatic carbocycles. The summed E-state index contributed by atoms with van der Waals surface area (Å²) in [6.45, 7) is 0. The molecule has 0 fully saturated rings. The van der Waals surface area contributed by atoms with E-state index in [1.807, 2.05) is 23.1 Å². The van der Waals surface area contributed by atoms with Crippen molar-refractivity contribution in [1.29, 1.82) is 0 Å². The number of fused-ring (bicyclic) bond motifs is 1. The number of rotatable bonds is 0. The van der Waals surface area contributed by atoms with Crippen LogP contribution in [0.5, 0.6) is 0 Å². The highest BCUT2D eigenvalue weighted by atomic mass is 127. The Morgan fingerprint density at radius 3 is 3.11 bits per heavy atom. The number of thiophene rings is 1. The summed E-state index contributed by atoms with van der Waals surface area (Å²) in [6, 6.07) is 2.31. The fourth-order valence-electron chi connectivity index (χ4n) is 0.928. The van der Waals surface area contributed by atoms with Gasteiger partial charge in [-0.25, -0.2) is 0 Å². The Bertz CT molecular complexity index is 207. The van der Waals surface area contributed by atoms with Gasteiger partial charge in [-0.15, -0.1) is 11.3 Å². The third kappa shape index (κ3) is 1.14. The van der Waals surface area contributed by atoms with Gasteiger partial charge < -0.3 is 0 Å². The van der Waals surface area contributed by atoms with E-state index in [0.717, 1.165) is 0 Å². The first-order chi connectivity index (χ1) is 4.36. The van der Waals surface area contributed by atoms with Crippen molar-refractivity contribution >= 4 is 45.7 Å². The van der Waals surface area contributed by atoms with Gasteiger partial charge in [0, 0.05) is 16.4 Å². The zero-order valence-electron chi connectivity index (χ0n) is 4.69. The van der Waals surface area contributed by atoms with Gasteiger partial charge in [0.25, 0.3) is 0 Å². The van der Waals surface area contributed by atoms with Crippen molar-refractivity contribution in [2.24, 2.45) is 0 Å². The van der Waals surface area contributed by atoms with Crippen molar-refractivity contribution in [3.8, 4) is 0 Å². The van der Waals surface area contributed by atoms with Gasteiger partial charge >= 0.3 is 0 Å². The first-order valence-electron chi connectivity index (χ1n) is 2.71. The summed E-state index contributed by atoms with van der Waals surface area (Å²) >= 11 is 6.36. The van der Waals surface area contributed by atoms with E-state index >= 15 is 0 Å². The Morgan fingerprint density at radius 2 is 2.33 bits per heavy atom. The molecule has 0 N–H and O–H groups in total. The van der Waals surface area contributed by atoms with Gasteiger partial charge in [-0.3, -0.25) is 0 Å². The van der Waals surface area contributed by atoms with Gasteiger partial charge in [-0.05, 0) is 34.2 Å². The zero-order valence-corrected chi connectivity index (χ0v) is 8.48. The van der Waals surface area contributed by atoms with Crippen LogP contribution in [-0.4, -0.2) is 0 Å². The molecule has 2 rings (SSSR count). The van der Waals surface area contributed by atoms with Gasteiger partial charge in [0.2, 0.25) is 0 Å². The van der Waals surface area contributed by atoms with Crippen LogP contribution < -0.4 is 0 Å². The van der Waals surface area contributed by atoms with Crippen molar-refractivity contribution < 1.29 is 0 Å². The lowest BCUT2D eigenvalue weighted by molar-refractivity contribution is 1.45. The maximum absolute atomic E-state index is 2.39. The predicted molar refractivity (Wildman–Crippen MR) is 52.0 cm³/mol. The molecule has 0 aliphatic carbocycles. The summed E-state index contributed by atoms with van der Waals surface area (Å²) in [5, 5.41) is 0. The van der Waals surface area contributed by atoms with Crippen LogP contribution >= 0.6 is 45.7 Å². The van der Waals surface area contributed by atoms with Crippen LogP contribution in [0.15, 0.2) is 6.07 Å². The molecule has 48 valence electrons. The van der Waals surface area contributed by atoms with Crippen LogP contribution in [-0.2, 0) is 11.5 Å². The molecule has 3 heteroatoms. The van der Waals surface area contributed by atoms with Crippen molar-refractivity contribution in [3.63, 3.8) is 0 Å². The molecule has 0 amide bonds. The van der Waals surface area contributed by atoms with Gasteiger partial charge in [0.15, 0.2) is 0 Å². The fraction of sp³-hybridized carbons (Fsp3) is 0.333. The normalized spacial score (nSPS) is 16.1. The third-order valence-corrected chi connectivity index (χ3v) is 4.49. The molecule has 2 heterocycles. The second-order valence-electron chi connectivity index (χ2n) is 1.99. The summed E-state index contributed by atoms with van der Waals surface area (Å²) in [5.74, 6) is 2.50. The van der Waals surface area contributed by atoms with Gasteiger partial charge in [0.05, 0.1) is 2.88 Å². The van der Waals surface area contributed by atoms with Crippen molar-refractivity contribution in [1.82, 2.24) is 0 Å². The van der Waals surface area contributed by atoms with Crippen molar-refractivity contribution in [3.05, 3.63) is 19.4 Å². The van der Waals surface area contributed by atoms with Gasteiger partial charge in [0.1, 0.15) is 0 Å². The quantitative estimate of drug-likeness (QED) is 0.651. The lowest BCUT2D eigenvalue weighted by Gasteiger charge is -1.80. The molecule has 0 saturated carbocycles. The Balaban J connectivity index is 2.51. The molecule has 1 aliphatic heterocycles. The molecule has 0 nitrogen and oxygen atoms in total. The molecule has 0 unspecified atom stereocenters. The van der Waals surface area contributed by atoms with E-state index in [9.17, 15) is 0 Å². The molecule has 0 bridgehead atoms. The monoisotopic (exact) mass is 268 g/mol. The number of halogens is 1. The Hall–Kier alpha value is 0.780. The van der Waals surface area contributed by atoms with E-state index < -0.39 is 0 Å². The molecule has 1 aromatic rings. The first-order valence-corrected chi connectivity index (χ1v) is 5.76. The highest BCUT2D eigenvalue weighted by Gasteiger charge is 2.13. The number of thioether (sulfide) groups is 1. The maximum Gasteiger partial charge on any atom is 0.0659 e. The van der Waals surface area contributed by atoms with Crippen LogP contribution in [0.25, 0.3) is 0 Å². The summed E-state index contributed by atoms with van der Waals surface area (Å²) in [6.07, 6.45) is 0. The molecule has 9 heavy (non-hydrogen) atoms. The van der Waals surface area contributed by atoms with Crippen LogP contribution in [0, 0.1) is 2.88 Å². The average molecular weight is 268 g/mol. The van der Waals surface area contributed by atoms with E-state index in [0.29, 0.717) is 0 Å². The molecule has 0 spiro atoms. The topological polar surface area (TPSA) is 0 Å². The van der Waals surface area contributed by atoms with Crippen molar-refractivity contribution in [2.45, 2.75) is 11.5 Å². The van der Waals surface area contributed by atoms with E-state index in [1.54, 1.807) is 10.4 Å². The van der Waals surface area contributed by atoms with E-state index in [2.05, 4.69) is 28.7 Å².